The summed E-state index contributed by atoms with van der Waals surface area (Å²) in [5.74, 6) is -3.65. The molecule has 2 aromatic carbocycles. The predicted octanol–water partition coefficient (Wildman–Crippen LogP) is 5.08. The van der Waals surface area contributed by atoms with Gasteiger partial charge >= 0.3 is 0 Å². The number of nitrogens with zero attached hydrogens (tertiary/aromatic N) is 2. The van der Waals surface area contributed by atoms with Crippen LogP contribution in [0.1, 0.15) is 57.5 Å². The van der Waals surface area contributed by atoms with Gasteiger partial charge in [0, 0.05) is 31.7 Å². The summed E-state index contributed by atoms with van der Waals surface area (Å²) in [6.07, 6.45) is 0. The third kappa shape index (κ3) is 7.69. The summed E-state index contributed by atoms with van der Waals surface area (Å²) in [7, 11) is 0. The van der Waals surface area contributed by atoms with Crippen LogP contribution in [0.5, 0.6) is 0 Å². The average Bonchev–Trinajstić information content (AvgIpc) is 2.82. The molecule has 0 aliphatic carbocycles. The third-order valence-corrected chi connectivity index (χ3v) is 6.29. The van der Waals surface area contributed by atoms with Crippen LogP contribution >= 0.6 is 0 Å². The van der Waals surface area contributed by atoms with Crippen molar-refractivity contribution in [2.45, 2.75) is 66.2 Å². The molecular weight excluding hydrogens is 481 g/mol. The van der Waals surface area contributed by atoms with E-state index < -0.39 is 34.6 Å². The van der Waals surface area contributed by atoms with E-state index in [9.17, 15) is 23.1 Å². The standard InChI is InChI=1S/C26H35F3N4O2.C2H6/c1-16(2)33(17(3)4)11-10-30-13-26(35)14-32(15-26)25(34)19-7-8-20(27)23(29)24(19)31-22-9-6-18(5)12-21(22)28;1-2/h6-9,12,16-17,30-31,35H,10-11,13-15H2,1-5H3;1-2H3. The highest BCUT2D eigenvalue weighted by atomic mass is 19.2. The van der Waals surface area contributed by atoms with Gasteiger partial charge in [-0.15, -0.1) is 0 Å². The van der Waals surface area contributed by atoms with E-state index in [-0.39, 0.29) is 24.3 Å². The molecule has 1 fully saturated rings. The molecule has 1 aliphatic heterocycles. The predicted molar refractivity (Wildman–Crippen MR) is 143 cm³/mol. The number of hydrogen-bond donors (Lipinski definition) is 3. The fourth-order valence-electron chi connectivity index (χ4n) is 4.44. The molecule has 0 radical (unpaired) electrons. The van der Waals surface area contributed by atoms with Crippen LogP contribution in [0.15, 0.2) is 30.3 Å². The zero-order chi connectivity index (χ0) is 27.9. The summed E-state index contributed by atoms with van der Waals surface area (Å²) in [5.41, 5.74) is -1.09. The maximum absolute atomic E-state index is 14.6. The molecule has 1 amide bonds. The highest BCUT2D eigenvalue weighted by molar-refractivity contribution is 6.01. The maximum atomic E-state index is 14.6. The minimum atomic E-state index is -1.27. The Labute approximate surface area is 218 Å². The molecule has 37 heavy (non-hydrogen) atoms. The first kappa shape index (κ1) is 30.6. The van der Waals surface area contributed by atoms with Crippen LogP contribution < -0.4 is 10.6 Å². The van der Waals surface area contributed by atoms with E-state index in [1.807, 2.05) is 13.8 Å². The summed E-state index contributed by atoms with van der Waals surface area (Å²) >= 11 is 0. The van der Waals surface area contributed by atoms with Crippen LogP contribution in [0.2, 0.25) is 0 Å². The largest absolute Gasteiger partial charge is 0.385 e. The van der Waals surface area contributed by atoms with Crippen molar-refractivity contribution in [3.05, 3.63) is 58.9 Å². The van der Waals surface area contributed by atoms with Gasteiger partial charge in [0.25, 0.3) is 5.91 Å². The molecule has 0 aromatic heterocycles. The van der Waals surface area contributed by atoms with Crippen LogP contribution in [0, 0.1) is 24.4 Å². The van der Waals surface area contributed by atoms with E-state index in [0.717, 1.165) is 18.7 Å². The Kier molecular flexibility index (Phi) is 11.0. The molecule has 1 heterocycles. The van der Waals surface area contributed by atoms with Gasteiger partial charge in [0.05, 0.1) is 30.0 Å². The molecular formula is C28H41F3N4O2. The number of carbonyl (C=O) groups is 1. The van der Waals surface area contributed by atoms with Gasteiger partial charge in [0.15, 0.2) is 11.6 Å². The van der Waals surface area contributed by atoms with E-state index in [1.54, 1.807) is 13.0 Å². The van der Waals surface area contributed by atoms with E-state index in [2.05, 4.69) is 43.2 Å². The van der Waals surface area contributed by atoms with E-state index in [1.165, 1.54) is 17.0 Å². The van der Waals surface area contributed by atoms with Gasteiger partial charge < -0.3 is 20.6 Å². The molecule has 6 nitrogen and oxygen atoms in total. The number of anilines is 2. The van der Waals surface area contributed by atoms with E-state index in [4.69, 9.17) is 0 Å². The number of β-amino-alcohol motifs (C(OH)–C–C–N with tert-alkyl or cyclic N) is 1. The Balaban J connectivity index is 0.00000235. The Hall–Kier alpha value is -2.62. The van der Waals surface area contributed by atoms with Crippen molar-refractivity contribution in [2.24, 2.45) is 0 Å². The van der Waals surface area contributed by atoms with Crippen molar-refractivity contribution >= 4 is 17.3 Å². The van der Waals surface area contributed by atoms with E-state index >= 15 is 0 Å². The van der Waals surface area contributed by atoms with Gasteiger partial charge in [0.1, 0.15) is 11.4 Å². The smallest absolute Gasteiger partial charge is 0.256 e. The Morgan fingerprint density at radius 2 is 1.68 bits per heavy atom. The summed E-state index contributed by atoms with van der Waals surface area (Å²) in [5, 5.41) is 16.5. The molecule has 9 heteroatoms. The zero-order valence-corrected chi connectivity index (χ0v) is 23.0. The number of carbonyl (C=O) groups excluding carboxylic acids is 1. The minimum absolute atomic E-state index is 0.0498. The molecule has 2 aromatic rings. The number of nitrogens with one attached hydrogen (secondary N) is 2. The van der Waals surface area contributed by atoms with Crippen LogP contribution in [0.4, 0.5) is 24.5 Å². The first-order chi connectivity index (χ1) is 17.4. The SMILES string of the molecule is CC.Cc1ccc(Nc2c(C(=O)N3CC(O)(CNCCN(C(C)C)C(C)C)C3)ccc(F)c2F)c(F)c1. The van der Waals surface area contributed by atoms with Crippen LogP contribution in [0.3, 0.4) is 0 Å². The lowest BCUT2D eigenvalue weighted by atomic mass is 9.92. The van der Waals surface area contributed by atoms with Gasteiger partial charge in [-0.3, -0.25) is 9.69 Å². The monoisotopic (exact) mass is 522 g/mol. The van der Waals surface area contributed by atoms with Gasteiger partial charge in [-0.25, -0.2) is 13.2 Å². The number of rotatable bonds is 10. The quantitative estimate of drug-likeness (QED) is 0.380. The van der Waals surface area contributed by atoms with Crippen molar-refractivity contribution in [2.75, 3.05) is 38.0 Å². The molecule has 0 spiro atoms. The van der Waals surface area contributed by atoms with Crippen LogP contribution in [-0.4, -0.2) is 71.2 Å². The highest BCUT2D eigenvalue weighted by Gasteiger charge is 2.44. The number of halogens is 3. The number of aryl methyl sites for hydroxylation is 1. The molecule has 1 aliphatic rings. The second-order valence-corrected chi connectivity index (χ2v) is 9.88. The lowest BCUT2D eigenvalue weighted by Gasteiger charge is -2.46. The van der Waals surface area contributed by atoms with Crippen molar-refractivity contribution < 1.29 is 23.1 Å². The van der Waals surface area contributed by atoms with E-state index in [0.29, 0.717) is 30.7 Å². The Morgan fingerprint density at radius 3 is 2.24 bits per heavy atom. The lowest BCUT2D eigenvalue weighted by Crippen LogP contribution is -2.67. The maximum Gasteiger partial charge on any atom is 0.256 e. The van der Waals surface area contributed by atoms with Gasteiger partial charge in [-0.2, -0.15) is 0 Å². The summed E-state index contributed by atoms with van der Waals surface area (Å²) < 4.78 is 42.9. The Bertz CT molecular complexity index is 1050. The van der Waals surface area contributed by atoms with Crippen LogP contribution in [-0.2, 0) is 0 Å². The first-order valence-electron chi connectivity index (χ1n) is 12.9. The molecule has 3 rings (SSSR count). The molecule has 0 bridgehead atoms. The number of benzene rings is 2. The Morgan fingerprint density at radius 1 is 1.05 bits per heavy atom. The summed E-state index contributed by atoms with van der Waals surface area (Å²) in [4.78, 5) is 16.8. The minimum Gasteiger partial charge on any atom is -0.385 e. The third-order valence-electron chi connectivity index (χ3n) is 6.29. The lowest BCUT2D eigenvalue weighted by molar-refractivity contribution is -0.0786. The molecule has 0 unspecified atom stereocenters. The van der Waals surface area contributed by atoms with Gasteiger partial charge in [-0.05, 0) is 64.4 Å². The fourth-order valence-corrected chi connectivity index (χ4v) is 4.44. The summed E-state index contributed by atoms with van der Waals surface area (Å²) in [6, 6.07) is 7.11. The van der Waals surface area contributed by atoms with Gasteiger partial charge in [0.2, 0.25) is 0 Å². The number of likely N-dealkylation sites (tertiary alicyclic amines) is 1. The summed E-state index contributed by atoms with van der Waals surface area (Å²) in [6.45, 7) is 16.2. The molecule has 1 saturated heterocycles. The second-order valence-electron chi connectivity index (χ2n) is 9.88. The highest BCUT2D eigenvalue weighted by Crippen LogP contribution is 2.31. The van der Waals surface area contributed by atoms with Crippen molar-refractivity contribution in [1.29, 1.82) is 0 Å². The number of aliphatic hydroxyl groups is 1. The van der Waals surface area contributed by atoms with Crippen molar-refractivity contribution in [3.8, 4) is 0 Å². The number of amides is 1. The van der Waals surface area contributed by atoms with Gasteiger partial charge in [-0.1, -0.05) is 19.9 Å². The normalized spacial score (nSPS) is 14.5. The van der Waals surface area contributed by atoms with Crippen LogP contribution in [0.25, 0.3) is 0 Å². The first-order valence-corrected chi connectivity index (χ1v) is 12.9. The average molecular weight is 523 g/mol. The molecule has 0 atom stereocenters. The molecule has 206 valence electrons. The molecule has 0 saturated carbocycles. The number of hydrogen-bond acceptors (Lipinski definition) is 5. The van der Waals surface area contributed by atoms with Crippen molar-refractivity contribution in [3.63, 3.8) is 0 Å². The fraction of sp³-hybridized carbons (Fsp3) is 0.536. The second kappa shape index (κ2) is 13.3. The zero-order valence-electron chi connectivity index (χ0n) is 23.0. The molecule has 3 N–H and O–H groups in total. The van der Waals surface area contributed by atoms with Crippen molar-refractivity contribution in [1.82, 2.24) is 15.1 Å². The topological polar surface area (TPSA) is 67.8 Å².